The zero-order valence-electron chi connectivity index (χ0n) is 10.6. The first-order valence-electron chi connectivity index (χ1n) is 5.75. The Morgan fingerprint density at radius 3 is 2.68 bits per heavy atom. The second-order valence-corrected chi connectivity index (χ2v) is 6.03. The van der Waals surface area contributed by atoms with E-state index in [1.807, 2.05) is 0 Å². The number of rotatable bonds is 5. The molecule has 1 aromatic carbocycles. The zero-order valence-corrected chi connectivity index (χ0v) is 11.4. The van der Waals surface area contributed by atoms with E-state index in [1.54, 1.807) is 48.3 Å². The molecule has 0 aliphatic rings. The first-order valence-corrected chi connectivity index (χ1v) is 7.41. The summed E-state index contributed by atoms with van der Waals surface area (Å²) >= 11 is 0. The molecule has 1 heterocycles. The predicted octanol–water partition coefficient (Wildman–Crippen LogP) is 0.622. The smallest absolute Gasteiger partial charge is 0.216 e. The normalized spacial score (nSPS) is 11.6. The minimum Gasteiger partial charge on any atom is -0.398 e. The second kappa shape index (κ2) is 5.41. The summed E-state index contributed by atoms with van der Waals surface area (Å²) in [7, 11) is -1.66. The molecule has 0 atom stereocenters. The van der Waals surface area contributed by atoms with Crippen molar-refractivity contribution < 1.29 is 8.42 Å². The van der Waals surface area contributed by atoms with Crippen molar-refractivity contribution >= 4 is 15.7 Å². The first kappa shape index (κ1) is 13.6. The Hall–Kier alpha value is -1.86. The van der Waals surface area contributed by atoms with Crippen LogP contribution in [0.2, 0.25) is 0 Å². The van der Waals surface area contributed by atoms with E-state index >= 15 is 0 Å². The fraction of sp³-hybridized carbons (Fsp3) is 0.250. The molecule has 1 aromatic heterocycles. The predicted molar refractivity (Wildman–Crippen MR) is 73.5 cm³/mol. The van der Waals surface area contributed by atoms with Gasteiger partial charge in [-0.3, -0.25) is 4.68 Å². The quantitative estimate of drug-likeness (QED) is 0.786. The van der Waals surface area contributed by atoms with Crippen LogP contribution < -0.4 is 10.5 Å². The van der Waals surface area contributed by atoms with Crippen molar-refractivity contribution in [3.8, 4) is 0 Å². The van der Waals surface area contributed by atoms with E-state index in [0.717, 1.165) is 5.69 Å². The molecule has 0 spiro atoms. The Morgan fingerprint density at radius 1 is 1.32 bits per heavy atom. The van der Waals surface area contributed by atoms with E-state index in [4.69, 9.17) is 5.73 Å². The number of anilines is 1. The number of hydrogen-bond donors (Lipinski definition) is 2. The summed E-state index contributed by atoms with van der Waals surface area (Å²) < 4.78 is 28.1. The molecule has 0 amide bonds. The third kappa shape index (κ3) is 3.55. The summed E-state index contributed by atoms with van der Waals surface area (Å²) in [6, 6.07) is 8.70. The maximum atomic E-state index is 12.0. The molecule has 0 aliphatic carbocycles. The number of aromatic nitrogens is 2. The zero-order chi connectivity index (χ0) is 13.9. The number of sulfonamides is 1. The van der Waals surface area contributed by atoms with Crippen LogP contribution in [0.3, 0.4) is 0 Å². The summed E-state index contributed by atoms with van der Waals surface area (Å²) in [5, 5.41) is 3.98. The van der Waals surface area contributed by atoms with E-state index in [9.17, 15) is 8.42 Å². The molecule has 0 fully saturated rings. The van der Waals surface area contributed by atoms with Gasteiger partial charge >= 0.3 is 0 Å². The van der Waals surface area contributed by atoms with Crippen LogP contribution in [0.1, 0.15) is 11.3 Å². The summed E-state index contributed by atoms with van der Waals surface area (Å²) in [6.45, 7) is 0.214. The second-order valence-electron chi connectivity index (χ2n) is 4.23. The lowest BCUT2D eigenvalue weighted by Crippen LogP contribution is -2.26. The highest BCUT2D eigenvalue weighted by atomic mass is 32.2. The van der Waals surface area contributed by atoms with Gasteiger partial charge in [-0.2, -0.15) is 5.10 Å². The van der Waals surface area contributed by atoms with Crippen molar-refractivity contribution in [2.75, 3.05) is 5.73 Å². The summed E-state index contributed by atoms with van der Waals surface area (Å²) in [6.07, 6.45) is 1.62. The lowest BCUT2D eigenvalue weighted by molar-refractivity contribution is 0.576. The van der Waals surface area contributed by atoms with Crippen LogP contribution in [0.15, 0.2) is 36.5 Å². The Morgan fingerprint density at radius 2 is 2.05 bits per heavy atom. The van der Waals surface area contributed by atoms with E-state index in [1.165, 1.54) is 0 Å². The van der Waals surface area contributed by atoms with Crippen molar-refractivity contribution in [2.24, 2.45) is 7.05 Å². The molecule has 0 aliphatic heterocycles. The third-order valence-electron chi connectivity index (χ3n) is 2.80. The van der Waals surface area contributed by atoms with Gasteiger partial charge in [0.25, 0.3) is 0 Å². The average Bonchev–Trinajstić information content (AvgIpc) is 2.75. The highest BCUT2D eigenvalue weighted by Gasteiger charge is 2.13. The van der Waals surface area contributed by atoms with Crippen LogP contribution >= 0.6 is 0 Å². The molecule has 0 saturated heterocycles. The van der Waals surface area contributed by atoms with Gasteiger partial charge in [-0.1, -0.05) is 18.2 Å². The van der Waals surface area contributed by atoms with Crippen molar-refractivity contribution in [3.63, 3.8) is 0 Å². The molecule has 7 heteroatoms. The molecule has 2 rings (SSSR count). The molecule has 0 bridgehead atoms. The SMILES string of the molecule is Cn1nccc1CNS(=O)(=O)Cc1ccccc1N. The van der Waals surface area contributed by atoms with Crippen LogP contribution in [0.5, 0.6) is 0 Å². The van der Waals surface area contributed by atoms with Gasteiger partial charge in [-0.05, 0) is 17.7 Å². The lowest BCUT2D eigenvalue weighted by Gasteiger charge is -2.08. The van der Waals surface area contributed by atoms with Crippen molar-refractivity contribution in [3.05, 3.63) is 47.8 Å². The summed E-state index contributed by atoms with van der Waals surface area (Å²) in [4.78, 5) is 0. The maximum Gasteiger partial charge on any atom is 0.216 e. The van der Waals surface area contributed by atoms with E-state index in [0.29, 0.717) is 11.3 Å². The van der Waals surface area contributed by atoms with Gasteiger partial charge in [0.2, 0.25) is 10.0 Å². The number of nitrogen functional groups attached to an aromatic ring is 1. The Labute approximate surface area is 112 Å². The van der Waals surface area contributed by atoms with Crippen LogP contribution in [0.4, 0.5) is 5.69 Å². The van der Waals surface area contributed by atoms with Crippen LogP contribution in [-0.2, 0) is 29.4 Å². The van der Waals surface area contributed by atoms with Gasteiger partial charge in [0.15, 0.2) is 0 Å². The van der Waals surface area contributed by atoms with E-state index in [2.05, 4.69) is 9.82 Å². The van der Waals surface area contributed by atoms with Crippen molar-refractivity contribution in [1.82, 2.24) is 14.5 Å². The minimum absolute atomic E-state index is 0.127. The van der Waals surface area contributed by atoms with Gasteiger partial charge < -0.3 is 5.73 Å². The third-order valence-corrected chi connectivity index (χ3v) is 4.07. The largest absolute Gasteiger partial charge is 0.398 e. The van der Waals surface area contributed by atoms with E-state index < -0.39 is 10.0 Å². The van der Waals surface area contributed by atoms with Gasteiger partial charge in [0.05, 0.1) is 18.0 Å². The Balaban J connectivity index is 2.04. The summed E-state index contributed by atoms with van der Waals surface area (Å²) in [5.41, 5.74) is 7.61. The summed E-state index contributed by atoms with van der Waals surface area (Å²) in [5.74, 6) is -0.127. The van der Waals surface area contributed by atoms with E-state index in [-0.39, 0.29) is 12.3 Å². The number of para-hydroxylation sites is 1. The van der Waals surface area contributed by atoms with Crippen LogP contribution in [-0.4, -0.2) is 18.2 Å². The molecule has 102 valence electrons. The van der Waals surface area contributed by atoms with Gasteiger partial charge in [-0.25, -0.2) is 13.1 Å². The lowest BCUT2D eigenvalue weighted by atomic mass is 10.2. The number of nitrogens with one attached hydrogen (secondary N) is 1. The van der Waals surface area contributed by atoms with Crippen molar-refractivity contribution in [1.29, 1.82) is 0 Å². The molecular weight excluding hydrogens is 264 g/mol. The molecule has 0 unspecified atom stereocenters. The number of nitrogens with two attached hydrogens (primary N) is 1. The average molecular weight is 280 g/mol. The number of benzene rings is 1. The minimum atomic E-state index is -3.42. The van der Waals surface area contributed by atoms with Gasteiger partial charge in [0.1, 0.15) is 0 Å². The maximum absolute atomic E-state index is 12.0. The standard InChI is InChI=1S/C12H16N4O2S/c1-16-11(6-7-14-16)8-15-19(17,18)9-10-4-2-3-5-12(10)13/h2-7,15H,8-9,13H2,1H3. The number of nitrogens with zero attached hydrogens (tertiary/aromatic N) is 2. The monoisotopic (exact) mass is 280 g/mol. The Bertz CT molecular complexity index is 664. The Kier molecular flexibility index (Phi) is 3.87. The van der Waals surface area contributed by atoms with Crippen LogP contribution in [0, 0.1) is 0 Å². The molecule has 0 saturated carbocycles. The fourth-order valence-electron chi connectivity index (χ4n) is 1.68. The molecule has 0 radical (unpaired) electrons. The topological polar surface area (TPSA) is 90.0 Å². The first-order chi connectivity index (χ1) is 8.98. The molecule has 2 aromatic rings. The molecule has 3 N–H and O–H groups in total. The molecule has 6 nitrogen and oxygen atoms in total. The van der Waals surface area contributed by atoms with Crippen LogP contribution in [0.25, 0.3) is 0 Å². The number of aryl methyl sites for hydroxylation is 1. The number of hydrogen-bond acceptors (Lipinski definition) is 4. The fourth-order valence-corrected chi connectivity index (χ4v) is 2.82. The molecule has 19 heavy (non-hydrogen) atoms. The molecular formula is C12H16N4O2S. The highest BCUT2D eigenvalue weighted by molar-refractivity contribution is 7.88. The van der Waals surface area contributed by atoms with Gasteiger partial charge in [0, 0.05) is 18.9 Å². The highest BCUT2D eigenvalue weighted by Crippen LogP contribution is 2.13. The van der Waals surface area contributed by atoms with Gasteiger partial charge in [-0.15, -0.1) is 0 Å². The van der Waals surface area contributed by atoms with Crippen molar-refractivity contribution in [2.45, 2.75) is 12.3 Å².